The van der Waals surface area contributed by atoms with Gasteiger partial charge in [0.25, 0.3) is 5.91 Å². The minimum atomic E-state index is 0.00965. The summed E-state index contributed by atoms with van der Waals surface area (Å²) >= 11 is 1.62. The second kappa shape index (κ2) is 7.79. The minimum absolute atomic E-state index is 0.00965. The number of rotatable bonds is 5. The summed E-state index contributed by atoms with van der Waals surface area (Å²) in [5.41, 5.74) is 1.62. The molecule has 1 aromatic heterocycles. The normalized spacial score (nSPS) is 20.6. The van der Waals surface area contributed by atoms with Crippen LogP contribution in [-0.2, 0) is 6.61 Å². The molecule has 1 amide bonds. The number of hydrogen-bond donors (Lipinski definition) is 1. The third-order valence-corrected chi connectivity index (χ3v) is 5.42. The zero-order valence-corrected chi connectivity index (χ0v) is 15.1. The van der Waals surface area contributed by atoms with E-state index in [2.05, 4.69) is 17.2 Å². The number of amides is 1. The Morgan fingerprint density at radius 3 is 2.71 bits per heavy atom. The second-order valence-corrected chi connectivity index (χ2v) is 7.57. The molecule has 2 aromatic rings. The van der Waals surface area contributed by atoms with E-state index in [0.29, 0.717) is 24.1 Å². The summed E-state index contributed by atoms with van der Waals surface area (Å²) in [4.78, 5) is 16.8. The molecule has 1 aromatic carbocycles. The van der Waals surface area contributed by atoms with Crippen molar-refractivity contribution >= 4 is 17.2 Å². The maximum atomic E-state index is 12.4. The van der Waals surface area contributed by atoms with Crippen molar-refractivity contribution in [2.45, 2.75) is 52.2 Å². The smallest absolute Gasteiger partial charge is 0.251 e. The summed E-state index contributed by atoms with van der Waals surface area (Å²) in [5.74, 6) is 1.32. The molecule has 5 heteroatoms. The van der Waals surface area contributed by atoms with Crippen LogP contribution in [0.1, 0.15) is 53.7 Å². The average molecular weight is 344 g/mol. The zero-order valence-electron chi connectivity index (χ0n) is 14.2. The van der Waals surface area contributed by atoms with E-state index < -0.39 is 0 Å². The van der Waals surface area contributed by atoms with Crippen molar-refractivity contribution in [3.8, 4) is 5.75 Å². The Morgan fingerprint density at radius 1 is 1.29 bits per heavy atom. The molecular formula is C19H24N2O2S. The van der Waals surface area contributed by atoms with Crippen LogP contribution in [0, 0.1) is 12.8 Å². The number of carbonyl (C=O) groups excluding carboxylic acids is 1. The Kier molecular flexibility index (Phi) is 5.51. The highest BCUT2D eigenvalue weighted by Gasteiger charge is 2.23. The molecule has 1 aliphatic rings. The molecule has 0 aliphatic heterocycles. The van der Waals surface area contributed by atoms with Crippen molar-refractivity contribution in [1.82, 2.24) is 10.3 Å². The van der Waals surface area contributed by atoms with E-state index in [1.165, 1.54) is 19.3 Å². The van der Waals surface area contributed by atoms with Crippen molar-refractivity contribution in [2.24, 2.45) is 5.92 Å². The third-order valence-electron chi connectivity index (χ3n) is 4.60. The fraction of sp³-hybridized carbons (Fsp3) is 0.474. The SMILES string of the molecule is Cc1nc(COc2ccc(C(=O)N[C@H]3CCCC[C@@H]3C)cc2)cs1. The van der Waals surface area contributed by atoms with E-state index in [1.54, 1.807) is 11.3 Å². The standard InChI is InChI=1S/C19H24N2O2S/c1-13-5-3-4-6-18(13)21-19(22)15-7-9-17(10-8-15)23-11-16-12-24-14(2)20-16/h7-10,12-13,18H,3-6,11H2,1-2H3,(H,21,22)/t13-,18-/m0/s1. The van der Waals surface area contributed by atoms with E-state index in [1.807, 2.05) is 36.6 Å². The largest absolute Gasteiger partial charge is 0.487 e. The van der Waals surface area contributed by atoms with E-state index in [-0.39, 0.29) is 5.91 Å². The predicted molar refractivity (Wildman–Crippen MR) is 96.5 cm³/mol. The van der Waals surface area contributed by atoms with Gasteiger partial charge in [-0.3, -0.25) is 4.79 Å². The average Bonchev–Trinajstić information content (AvgIpc) is 3.01. The minimum Gasteiger partial charge on any atom is -0.487 e. The highest BCUT2D eigenvalue weighted by atomic mass is 32.1. The summed E-state index contributed by atoms with van der Waals surface area (Å²) in [5, 5.41) is 6.22. The first-order valence-electron chi connectivity index (χ1n) is 8.56. The molecule has 2 atom stereocenters. The number of benzene rings is 1. The van der Waals surface area contributed by atoms with E-state index in [4.69, 9.17) is 4.74 Å². The summed E-state index contributed by atoms with van der Waals surface area (Å²) in [7, 11) is 0. The quantitative estimate of drug-likeness (QED) is 0.878. The van der Waals surface area contributed by atoms with Crippen molar-refractivity contribution in [2.75, 3.05) is 0 Å². The highest BCUT2D eigenvalue weighted by molar-refractivity contribution is 7.09. The lowest BCUT2D eigenvalue weighted by Gasteiger charge is -2.29. The molecule has 24 heavy (non-hydrogen) atoms. The highest BCUT2D eigenvalue weighted by Crippen LogP contribution is 2.24. The number of carbonyl (C=O) groups is 1. The number of hydrogen-bond acceptors (Lipinski definition) is 4. The van der Waals surface area contributed by atoms with Gasteiger partial charge in [-0.2, -0.15) is 0 Å². The molecule has 1 saturated carbocycles. The van der Waals surface area contributed by atoms with Gasteiger partial charge in [0.1, 0.15) is 12.4 Å². The topological polar surface area (TPSA) is 51.2 Å². The first-order chi connectivity index (χ1) is 11.6. The lowest BCUT2D eigenvalue weighted by molar-refractivity contribution is 0.0910. The van der Waals surface area contributed by atoms with Crippen LogP contribution in [0.2, 0.25) is 0 Å². The fourth-order valence-corrected chi connectivity index (χ4v) is 3.71. The van der Waals surface area contributed by atoms with Crippen LogP contribution in [0.25, 0.3) is 0 Å². The van der Waals surface area contributed by atoms with Crippen LogP contribution in [0.3, 0.4) is 0 Å². The van der Waals surface area contributed by atoms with Gasteiger partial charge in [0.05, 0.1) is 10.7 Å². The monoisotopic (exact) mass is 344 g/mol. The predicted octanol–water partition coefficient (Wildman–Crippen LogP) is 4.34. The Labute approximate surface area is 147 Å². The number of nitrogens with zero attached hydrogens (tertiary/aromatic N) is 1. The van der Waals surface area contributed by atoms with Gasteiger partial charge in [-0.25, -0.2) is 4.98 Å². The maximum Gasteiger partial charge on any atom is 0.251 e. The van der Waals surface area contributed by atoms with Gasteiger partial charge in [-0.05, 0) is 49.9 Å². The van der Waals surface area contributed by atoms with Crippen molar-refractivity contribution in [3.63, 3.8) is 0 Å². The van der Waals surface area contributed by atoms with Gasteiger partial charge in [-0.1, -0.05) is 19.8 Å². The molecule has 0 spiro atoms. The number of nitrogens with one attached hydrogen (secondary N) is 1. The summed E-state index contributed by atoms with van der Waals surface area (Å²) in [6.07, 6.45) is 4.77. The molecule has 0 bridgehead atoms. The number of aromatic nitrogens is 1. The Bertz CT molecular complexity index is 681. The summed E-state index contributed by atoms with van der Waals surface area (Å²) in [6, 6.07) is 7.64. The maximum absolute atomic E-state index is 12.4. The molecule has 4 nitrogen and oxygen atoms in total. The van der Waals surface area contributed by atoms with E-state index in [9.17, 15) is 4.79 Å². The molecule has 0 radical (unpaired) electrons. The molecule has 3 rings (SSSR count). The lowest BCUT2D eigenvalue weighted by Crippen LogP contribution is -2.41. The van der Waals surface area contributed by atoms with Crippen LogP contribution in [0.15, 0.2) is 29.6 Å². The van der Waals surface area contributed by atoms with Crippen molar-refractivity contribution < 1.29 is 9.53 Å². The summed E-state index contributed by atoms with van der Waals surface area (Å²) in [6.45, 7) is 4.66. The van der Waals surface area contributed by atoms with Crippen LogP contribution in [0.4, 0.5) is 0 Å². The number of aryl methyl sites for hydroxylation is 1. The van der Waals surface area contributed by atoms with Crippen LogP contribution >= 0.6 is 11.3 Å². The van der Waals surface area contributed by atoms with E-state index in [0.717, 1.165) is 22.9 Å². The summed E-state index contributed by atoms with van der Waals surface area (Å²) < 4.78 is 5.72. The van der Waals surface area contributed by atoms with Gasteiger partial charge in [0, 0.05) is 17.0 Å². The van der Waals surface area contributed by atoms with Crippen molar-refractivity contribution in [3.05, 3.63) is 45.9 Å². The Balaban J connectivity index is 1.54. The first-order valence-corrected chi connectivity index (χ1v) is 9.44. The molecule has 1 fully saturated rings. The molecule has 1 heterocycles. The van der Waals surface area contributed by atoms with Gasteiger partial charge < -0.3 is 10.1 Å². The van der Waals surface area contributed by atoms with Gasteiger partial charge >= 0.3 is 0 Å². The van der Waals surface area contributed by atoms with E-state index >= 15 is 0 Å². The van der Waals surface area contributed by atoms with Gasteiger partial charge in [-0.15, -0.1) is 11.3 Å². The van der Waals surface area contributed by atoms with Crippen LogP contribution in [-0.4, -0.2) is 16.9 Å². The first kappa shape index (κ1) is 17.0. The molecule has 1 N–H and O–H groups in total. The fourth-order valence-electron chi connectivity index (χ4n) is 3.12. The third kappa shape index (κ3) is 4.35. The Morgan fingerprint density at radius 2 is 2.04 bits per heavy atom. The van der Waals surface area contributed by atoms with Crippen LogP contribution < -0.4 is 10.1 Å². The van der Waals surface area contributed by atoms with Crippen molar-refractivity contribution in [1.29, 1.82) is 0 Å². The Hall–Kier alpha value is -1.88. The zero-order chi connectivity index (χ0) is 16.9. The lowest BCUT2D eigenvalue weighted by atomic mass is 9.86. The van der Waals surface area contributed by atoms with Gasteiger partial charge in [0.2, 0.25) is 0 Å². The van der Waals surface area contributed by atoms with Gasteiger partial charge in [0.15, 0.2) is 0 Å². The molecule has 128 valence electrons. The molecule has 1 aliphatic carbocycles. The van der Waals surface area contributed by atoms with Crippen LogP contribution in [0.5, 0.6) is 5.75 Å². The number of ether oxygens (including phenoxy) is 1. The number of thiazole rings is 1. The second-order valence-electron chi connectivity index (χ2n) is 6.51. The molecule has 0 unspecified atom stereocenters. The molecular weight excluding hydrogens is 320 g/mol. The molecule has 0 saturated heterocycles.